The zero-order valence-electron chi connectivity index (χ0n) is 10.9. The third-order valence-electron chi connectivity index (χ3n) is 3.37. The molecule has 1 aromatic rings. The summed E-state index contributed by atoms with van der Waals surface area (Å²) in [5.74, 6) is -0.00264. The summed E-state index contributed by atoms with van der Waals surface area (Å²) in [6.45, 7) is 4.28. The molecule has 0 bridgehead atoms. The molecule has 2 rings (SSSR count). The summed E-state index contributed by atoms with van der Waals surface area (Å²) in [5.41, 5.74) is 8.05. The highest BCUT2D eigenvalue weighted by molar-refractivity contribution is 5.77. The van der Waals surface area contributed by atoms with Crippen molar-refractivity contribution in [3.63, 3.8) is 0 Å². The number of carbonyl (C=O) groups is 1. The van der Waals surface area contributed by atoms with Gasteiger partial charge in [0.15, 0.2) is 0 Å². The molecule has 3 N–H and O–H groups in total. The SMILES string of the molecule is Cc1nn(CC(=O)N(CCO)C2CC2)c(C)c1N. The normalized spacial score (nSPS) is 14.8. The lowest BCUT2D eigenvalue weighted by molar-refractivity contribution is -0.133. The van der Waals surface area contributed by atoms with Crippen LogP contribution >= 0.6 is 0 Å². The maximum atomic E-state index is 12.2. The number of aliphatic hydroxyl groups excluding tert-OH is 1. The van der Waals surface area contributed by atoms with Crippen LogP contribution in [0.4, 0.5) is 5.69 Å². The van der Waals surface area contributed by atoms with E-state index in [1.54, 1.807) is 9.58 Å². The number of carbonyl (C=O) groups excluding carboxylic acids is 1. The Balaban J connectivity index is 2.07. The summed E-state index contributed by atoms with van der Waals surface area (Å²) in [6.07, 6.45) is 2.07. The van der Waals surface area contributed by atoms with Crippen molar-refractivity contribution in [2.45, 2.75) is 39.3 Å². The second kappa shape index (κ2) is 4.97. The lowest BCUT2D eigenvalue weighted by Gasteiger charge is -2.21. The predicted octanol–water partition coefficient (Wildman–Crippen LogP) is 0.0654. The average molecular weight is 252 g/mol. The van der Waals surface area contributed by atoms with Gasteiger partial charge in [-0.15, -0.1) is 0 Å². The van der Waals surface area contributed by atoms with Crippen LogP contribution in [0.25, 0.3) is 0 Å². The number of nitrogen functional groups attached to an aromatic ring is 1. The third kappa shape index (κ3) is 2.48. The number of aromatic nitrogens is 2. The Morgan fingerprint density at radius 2 is 2.22 bits per heavy atom. The van der Waals surface area contributed by atoms with Crippen molar-refractivity contribution >= 4 is 11.6 Å². The molecule has 0 atom stereocenters. The van der Waals surface area contributed by atoms with Gasteiger partial charge in [0.2, 0.25) is 5.91 Å². The van der Waals surface area contributed by atoms with Gasteiger partial charge >= 0.3 is 0 Å². The van der Waals surface area contributed by atoms with Crippen LogP contribution in [-0.2, 0) is 11.3 Å². The molecule has 0 unspecified atom stereocenters. The highest BCUT2D eigenvalue weighted by Crippen LogP contribution is 2.27. The molecule has 1 amide bonds. The highest BCUT2D eigenvalue weighted by atomic mass is 16.3. The molecular weight excluding hydrogens is 232 g/mol. The van der Waals surface area contributed by atoms with E-state index in [2.05, 4.69) is 5.10 Å². The van der Waals surface area contributed by atoms with Gasteiger partial charge in [0.05, 0.1) is 23.7 Å². The molecule has 1 aromatic heterocycles. The van der Waals surface area contributed by atoms with E-state index in [9.17, 15) is 4.79 Å². The Labute approximate surface area is 106 Å². The molecule has 0 aliphatic heterocycles. The van der Waals surface area contributed by atoms with Crippen molar-refractivity contribution in [1.29, 1.82) is 0 Å². The van der Waals surface area contributed by atoms with Crippen molar-refractivity contribution in [2.75, 3.05) is 18.9 Å². The molecule has 1 aliphatic rings. The van der Waals surface area contributed by atoms with E-state index in [0.717, 1.165) is 24.2 Å². The Kier molecular flexibility index (Phi) is 3.56. The summed E-state index contributed by atoms with van der Waals surface area (Å²) in [6, 6.07) is 0.305. The van der Waals surface area contributed by atoms with E-state index >= 15 is 0 Å². The van der Waals surface area contributed by atoms with Crippen LogP contribution in [0.2, 0.25) is 0 Å². The fourth-order valence-corrected chi connectivity index (χ4v) is 2.09. The number of hydrogen-bond donors (Lipinski definition) is 2. The molecule has 18 heavy (non-hydrogen) atoms. The van der Waals surface area contributed by atoms with Crippen molar-refractivity contribution in [2.24, 2.45) is 0 Å². The minimum Gasteiger partial charge on any atom is -0.396 e. The monoisotopic (exact) mass is 252 g/mol. The topological polar surface area (TPSA) is 84.4 Å². The number of nitrogens with zero attached hydrogens (tertiary/aromatic N) is 3. The average Bonchev–Trinajstić information content (AvgIpc) is 3.13. The lowest BCUT2D eigenvalue weighted by Crippen LogP contribution is -2.38. The summed E-state index contributed by atoms with van der Waals surface area (Å²) in [4.78, 5) is 13.9. The smallest absolute Gasteiger partial charge is 0.244 e. The fraction of sp³-hybridized carbons (Fsp3) is 0.667. The van der Waals surface area contributed by atoms with E-state index in [-0.39, 0.29) is 19.1 Å². The van der Waals surface area contributed by atoms with Gasteiger partial charge in [-0.2, -0.15) is 5.10 Å². The third-order valence-corrected chi connectivity index (χ3v) is 3.37. The molecule has 1 fully saturated rings. The minimum atomic E-state index is -0.00264. The molecular formula is C12H20N4O2. The molecule has 1 saturated carbocycles. The van der Waals surface area contributed by atoms with E-state index < -0.39 is 0 Å². The Morgan fingerprint density at radius 1 is 1.56 bits per heavy atom. The minimum absolute atomic E-state index is 0.00148. The maximum Gasteiger partial charge on any atom is 0.244 e. The number of amides is 1. The zero-order valence-corrected chi connectivity index (χ0v) is 10.9. The van der Waals surface area contributed by atoms with E-state index in [0.29, 0.717) is 18.3 Å². The molecule has 1 aliphatic carbocycles. The van der Waals surface area contributed by atoms with Gasteiger partial charge < -0.3 is 15.7 Å². The quantitative estimate of drug-likeness (QED) is 0.776. The van der Waals surface area contributed by atoms with Gasteiger partial charge in [0.25, 0.3) is 0 Å². The van der Waals surface area contributed by atoms with Gasteiger partial charge in [-0.1, -0.05) is 0 Å². The number of aryl methyl sites for hydroxylation is 1. The molecule has 100 valence electrons. The molecule has 0 radical (unpaired) electrons. The first kappa shape index (κ1) is 12.9. The van der Waals surface area contributed by atoms with E-state index in [1.807, 2.05) is 13.8 Å². The first-order chi connectivity index (χ1) is 8.54. The van der Waals surface area contributed by atoms with Crippen molar-refractivity contribution in [1.82, 2.24) is 14.7 Å². The largest absolute Gasteiger partial charge is 0.396 e. The van der Waals surface area contributed by atoms with Crippen LogP contribution < -0.4 is 5.73 Å². The van der Waals surface area contributed by atoms with Crippen molar-refractivity contribution in [3.8, 4) is 0 Å². The van der Waals surface area contributed by atoms with Gasteiger partial charge in [0.1, 0.15) is 6.54 Å². The Hall–Kier alpha value is -1.56. The van der Waals surface area contributed by atoms with Crippen LogP contribution in [0.3, 0.4) is 0 Å². The van der Waals surface area contributed by atoms with Crippen LogP contribution in [-0.4, -0.2) is 44.9 Å². The Bertz CT molecular complexity index is 451. The van der Waals surface area contributed by atoms with Gasteiger partial charge in [-0.05, 0) is 26.7 Å². The first-order valence-electron chi connectivity index (χ1n) is 6.24. The second-order valence-electron chi connectivity index (χ2n) is 4.78. The van der Waals surface area contributed by atoms with E-state index in [1.165, 1.54) is 0 Å². The fourth-order valence-electron chi connectivity index (χ4n) is 2.09. The molecule has 0 spiro atoms. The van der Waals surface area contributed by atoms with Crippen LogP contribution in [0.1, 0.15) is 24.2 Å². The lowest BCUT2D eigenvalue weighted by atomic mass is 10.3. The molecule has 0 saturated heterocycles. The molecule has 6 heteroatoms. The zero-order chi connectivity index (χ0) is 13.3. The Morgan fingerprint density at radius 3 is 2.67 bits per heavy atom. The summed E-state index contributed by atoms with van der Waals surface area (Å²) in [5, 5.41) is 13.2. The van der Waals surface area contributed by atoms with Crippen molar-refractivity contribution in [3.05, 3.63) is 11.4 Å². The second-order valence-corrected chi connectivity index (χ2v) is 4.78. The van der Waals surface area contributed by atoms with Gasteiger partial charge in [-0.25, -0.2) is 0 Å². The molecule has 1 heterocycles. The number of nitrogens with two attached hydrogens (primary N) is 1. The summed E-state index contributed by atoms with van der Waals surface area (Å²) >= 11 is 0. The predicted molar refractivity (Wildman–Crippen MR) is 67.9 cm³/mol. The summed E-state index contributed by atoms with van der Waals surface area (Å²) < 4.78 is 1.64. The number of anilines is 1. The van der Waals surface area contributed by atoms with Crippen LogP contribution in [0.5, 0.6) is 0 Å². The highest BCUT2D eigenvalue weighted by Gasteiger charge is 2.32. The molecule has 0 aromatic carbocycles. The first-order valence-corrected chi connectivity index (χ1v) is 6.24. The number of hydrogen-bond acceptors (Lipinski definition) is 4. The van der Waals surface area contributed by atoms with Gasteiger partial charge in [0, 0.05) is 12.6 Å². The maximum absolute atomic E-state index is 12.2. The summed E-state index contributed by atoms with van der Waals surface area (Å²) in [7, 11) is 0. The number of rotatable bonds is 5. The van der Waals surface area contributed by atoms with Crippen LogP contribution in [0.15, 0.2) is 0 Å². The van der Waals surface area contributed by atoms with E-state index in [4.69, 9.17) is 10.8 Å². The van der Waals surface area contributed by atoms with Crippen LogP contribution in [0, 0.1) is 13.8 Å². The molecule has 6 nitrogen and oxygen atoms in total. The number of aliphatic hydroxyl groups is 1. The van der Waals surface area contributed by atoms with Gasteiger partial charge in [-0.3, -0.25) is 9.48 Å². The van der Waals surface area contributed by atoms with Crippen molar-refractivity contribution < 1.29 is 9.90 Å². The standard InChI is InChI=1S/C12H20N4O2/c1-8-12(13)9(2)16(14-8)7-11(18)15(5-6-17)10-3-4-10/h10,17H,3-7,13H2,1-2H3.